The third kappa shape index (κ3) is 4.24. The number of hydrogen-bond acceptors (Lipinski definition) is 4. The molecule has 2 amide bonds. The number of hydrogen-bond donors (Lipinski definition) is 3. The standard InChI is InChI=1S/C14H17N5O/c1-2-10-15-12-8-9-13(19-18-12)17-14(20)16-11-6-4-3-5-7-11/h3-9H,2,10H2,1H3,(H,15,18)(H2,16,17,19,20). The van der Waals surface area contributed by atoms with Gasteiger partial charge in [0.1, 0.15) is 5.82 Å². The summed E-state index contributed by atoms with van der Waals surface area (Å²) in [4.78, 5) is 11.7. The predicted octanol–water partition coefficient (Wildman–Crippen LogP) is 2.94. The van der Waals surface area contributed by atoms with Crippen molar-refractivity contribution < 1.29 is 4.79 Å². The summed E-state index contributed by atoms with van der Waals surface area (Å²) in [5.74, 6) is 1.10. The summed E-state index contributed by atoms with van der Waals surface area (Å²) in [5.41, 5.74) is 0.721. The first-order valence-electron chi connectivity index (χ1n) is 6.48. The average molecular weight is 271 g/mol. The molecule has 0 saturated carbocycles. The van der Waals surface area contributed by atoms with Crippen molar-refractivity contribution in [2.24, 2.45) is 0 Å². The van der Waals surface area contributed by atoms with Gasteiger partial charge in [-0.1, -0.05) is 25.1 Å². The first-order chi connectivity index (χ1) is 9.78. The van der Waals surface area contributed by atoms with Crippen LogP contribution in [0, 0.1) is 0 Å². The lowest BCUT2D eigenvalue weighted by molar-refractivity contribution is 0.262. The van der Waals surface area contributed by atoms with E-state index in [1.807, 2.05) is 30.3 Å². The molecule has 6 nitrogen and oxygen atoms in total. The molecule has 1 aromatic heterocycles. The number of aromatic nitrogens is 2. The minimum Gasteiger partial charge on any atom is -0.369 e. The van der Waals surface area contributed by atoms with E-state index in [1.165, 1.54) is 0 Å². The minimum atomic E-state index is -0.347. The first kappa shape index (κ1) is 13.8. The fourth-order valence-corrected chi connectivity index (χ4v) is 1.55. The lowest BCUT2D eigenvalue weighted by atomic mass is 10.3. The smallest absolute Gasteiger partial charge is 0.324 e. The van der Waals surface area contributed by atoms with E-state index in [0.29, 0.717) is 11.6 Å². The van der Waals surface area contributed by atoms with Crippen molar-refractivity contribution in [2.75, 3.05) is 22.5 Å². The van der Waals surface area contributed by atoms with Gasteiger partial charge in [0, 0.05) is 12.2 Å². The molecule has 0 atom stereocenters. The van der Waals surface area contributed by atoms with Crippen LogP contribution in [0.25, 0.3) is 0 Å². The van der Waals surface area contributed by atoms with Gasteiger partial charge in [-0.05, 0) is 30.7 Å². The molecule has 2 aromatic rings. The van der Waals surface area contributed by atoms with Gasteiger partial charge in [-0.3, -0.25) is 5.32 Å². The molecule has 0 saturated heterocycles. The van der Waals surface area contributed by atoms with Crippen LogP contribution in [-0.4, -0.2) is 22.8 Å². The van der Waals surface area contributed by atoms with E-state index in [-0.39, 0.29) is 6.03 Å². The fraction of sp³-hybridized carbons (Fsp3) is 0.214. The first-order valence-corrected chi connectivity index (χ1v) is 6.48. The van der Waals surface area contributed by atoms with Crippen LogP contribution in [0.5, 0.6) is 0 Å². The zero-order valence-corrected chi connectivity index (χ0v) is 11.3. The Bertz CT molecular complexity index is 541. The summed E-state index contributed by atoms with van der Waals surface area (Å²) in [6.07, 6.45) is 1.02. The van der Waals surface area contributed by atoms with E-state index >= 15 is 0 Å². The van der Waals surface area contributed by atoms with Crippen LogP contribution in [0.3, 0.4) is 0 Å². The Morgan fingerprint density at radius 3 is 2.35 bits per heavy atom. The number of anilines is 3. The van der Waals surface area contributed by atoms with Crippen molar-refractivity contribution in [3.05, 3.63) is 42.5 Å². The maximum atomic E-state index is 11.7. The minimum absolute atomic E-state index is 0.347. The van der Waals surface area contributed by atoms with Gasteiger partial charge in [0.2, 0.25) is 0 Å². The maximum absolute atomic E-state index is 11.7. The highest BCUT2D eigenvalue weighted by atomic mass is 16.2. The summed E-state index contributed by atoms with van der Waals surface area (Å²) in [6, 6.07) is 12.3. The van der Waals surface area contributed by atoms with Gasteiger partial charge in [-0.2, -0.15) is 0 Å². The van der Waals surface area contributed by atoms with E-state index in [2.05, 4.69) is 33.1 Å². The predicted molar refractivity (Wildman–Crippen MR) is 79.9 cm³/mol. The third-order valence-corrected chi connectivity index (χ3v) is 2.49. The van der Waals surface area contributed by atoms with Crippen molar-refractivity contribution in [3.8, 4) is 0 Å². The number of urea groups is 1. The Hall–Kier alpha value is -2.63. The van der Waals surface area contributed by atoms with Crippen molar-refractivity contribution in [3.63, 3.8) is 0 Å². The summed E-state index contributed by atoms with van der Waals surface area (Å²) >= 11 is 0. The Kier molecular flexibility index (Phi) is 4.88. The number of nitrogens with zero attached hydrogens (tertiary/aromatic N) is 2. The van der Waals surface area contributed by atoms with Gasteiger partial charge in [-0.15, -0.1) is 10.2 Å². The van der Waals surface area contributed by atoms with Gasteiger partial charge in [-0.25, -0.2) is 4.79 Å². The number of benzene rings is 1. The molecule has 3 N–H and O–H groups in total. The fourth-order valence-electron chi connectivity index (χ4n) is 1.55. The number of nitrogens with one attached hydrogen (secondary N) is 3. The van der Waals surface area contributed by atoms with Crippen LogP contribution in [0.15, 0.2) is 42.5 Å². The molecule has 2 rings (SSSR count). The number of amides is 2. The van der Waals surface area contributed by atoms with Gasteiger partial charge >= 0.3 is 6.03 Å². The average Bonchev–Trinajstić information content (AvgIpc) is 2.47. The Morgan fingerprint density at radius 2 is 1.70 bits per heavy atom. The van der Waals surface area contributed by atoms with E-state index in [1.54, 1.807) is 12.1 Å². The van der Waals surface area contributed by atoms with Crippen molar-refractivity contribution in [1.29, 1.82) is 0 Å². The molecular formula is C14H17N5O. The highest BCUT2D eigenvalue weighted by Crippen LogP contribution is 2.08. The normalized spacial score (nSPS) is 9.85. The lowest BCUT2D eigenvalue weighted by Crippen LogP contribution is -2.20. The second-order valence-corrected chi connectivity index (χ2v) is 4.18. The molecule has 1 heterocycles. The maximum Gasteiger partial charge on any atom is 0.324 e. The molecule has 0 aliphatic carbocycles. The van der Waals surface area contributed by atoms with Gasteiger partial charge < -0.3 is 10.6 Å². The number of carbonyl (C=O) groups excluding carboxylic acids is 1. The van der Waals surface area contributed by atoms with Crippen LogP contribution in [-0.2, 0) is 0 Å². The Labute approximate surface area is 117 Å². The molecule has 104 valence electrons. The number of para-hydroxylation sites is 1. The summed E-state index contributed by atoms with van der Waals surface area (Å²) in [7, 11) is 0. The molecule has 0 aliphatic rings. The van der Waals surface area contributed by atoms with Crippen LogP contribution < -0.4 is 16.0 Å². The molecule has 0 unspecified atom stereocenters. The highest BCUT2D eigenvalue weighted by molar-refractivity contribution is 5.99. The van der Waals surface area contributed by atoms with Gasteiger partial charge in [0.25, 0.3) is 0 Å². The van der Waals surface area contributed by atoms with E-state index in [4.69, 9.17) is 0 Å². The summed E-state index contributed by atoms with van der Waals surface area (Å²) < 4.78 is 0. The molecule has 0 radical (unpaired) electrons. The second kappa shape index (κ2) is 7.08. The van der Waals surface area contributed by atoms with E-state index in [0.717, 1.165) is 18.7 Å². The molecule has 20 heavy (non-hydrogen) atoms. The number of rotatable bonds is 5. The molecule has 1 aromatic carbocycles. The van der Waals surface area contributed by atoms with Crippen LogP contribution in [0.2, 0.25) is 0 Å². The second-order valence-electron chi connectivity index (χ2n) is 4.18. The van der Waals surface area contributed by atoms with E-state index < -0.39 is 0 Å². The van der Waals surface area contributed by atoms with Crippen molar-refractivity contribution in [1.82, 2.24) is 10.2 Å². The SMILES string of the molecule is CCCNc1ccc(NC(=O)Nc2ccccc2)nn1. The topological polar surface area (TPSA) is 78.9 Å². The van der Waals surface area contributed by atoms with Gasteiger partial charge in [0.15, 0.2) is 5.82 Å². The Morgan fingerprint density at radius 1 is 1.00 bits per heavy atom. The van der Waals surface area contributed by atoms with Gasteiger partial charge in [0.05, 0.1) is 0 Å². The largest absolute Gasteiger partial charge is 0.369 e. The summed E-state index contributed by atoms with van der Waals surface area (Å²) in [5, 5.41) is 16.3. The zero-order valence-electron chi connectivity index (χ0n) is 11.3. The molecular weight excluding hydrogens is 254 g/mol. The van der Waals surface area contributed by atoms with Crippen LogP contribution in [0.1, 0.15) is 13.3 Å². The Balaban J connectivity index is 1.88. The molecule has 0 fully saturated rings. The zero-order chi connectivity index (χ0) is 14.2. The number of carbonyl (C=O) groups is 1. The monoisotopic (exact) mass is 271 g/mol. The highest BCUT2D eigenvalue weighted by Gasteiger charge is 2.03. The quantitative estimate of drug-likeness (QED) is 0.781. The van der Waals surface area contributed by atoms with Crippen LogP contribution >= 0.6 is 0 Å². The lowest BCUT2D eigenvalue weighted by Gasteiger charge is -2.07. The van der Waals surface area contributed by atoms with Crippen LogP contribution in [0.4, 0.5) is 22.1 Å². The van der Waals surface area contributed by atoms with E-state index in [9.17, 15) is 4.79 Å². The molecule has 0 bridgehead atoms. The molecule has 0 spiro atoms. The molecule has 0 aliphatic heterocycles. The van der Waals surface area contributed by atoms with Crippen molar-refractivity contribution in [2.45, 2.75) is 13.3 Å². The van der Waals surface area contributed by atoms with Crippen molar-refractivity contribution >= 4 is 23.4 Å². The summed E-state index contributed by atoms with van der Waals surface area (Å²) in [6.45, 7) is 2.92. The molecule has 6 heteroatoms. The third-order valence-electron chi connectivity index (χ3n) is 2.49.